The molecule has 26 heavy (non-hydrogen) atoms. The van der Waals surface area contributed by atoms with Crippen LogP contribution in [0.4, 0.5) is 13.2 Å². The topological polar surface area (TPSA) is 54.9 Å². The summed E-state index contributed by atoms with van der Waals surface area (Å²) in [5.41, 5.74) is 1.23. The van der Waals surface area contributed by atoms with Crippen LogP contribution in [-0.2, 0) is 12.6 Å². The Kier molecular flexibility index (Phi) is 5.32. The van der Waals surface area contributed by atoms with Gasteiger partial charge < -0.3 is 5.32 Å². The maximum Gasteiger partial charge on any atom is 0.416 e. The second-order valence-electron chi connectivity index (χ2n) is 5.44. The molecular formula is C18H14F3N3OS. The Balaban J connectivity index is 1.53. The smallest absolute Gasteiger partial charge is 0.352 e. The summed E-state index contributed by atoms with van der Waals surface area (Å²) in [6.07, 6.45) is -0.480. The Bertz CT molecular complexity index is 877. The molecule has 134 valence electrons. The van der Waals surface area contributed by atoms with Crippen LogP contribution in [0.2, 0.25) is 0 Å². The largest absolute Gasteiger partial charge is 0.416 e. The van der Waals surface area contributed by atoms with Crippen molar-refractivity contribution in [3.05, 3.63) is 70.3 Å². The second-order valence-corrected chi connectivity index (χ2v) is 6.39. The molecule has 3 rings (SSSR count). The molecular weight excluding hydrogens is 363 g/mol. The lowest BCUT2D eigenvalue weighted by Crippen LogP contribution is -2.25. The molecule has 0 saturated heterocycles. The van der Waals surface area contributed by atoms with Crippen molar-refractivity contribution in [1.29, 1.82) is 0 Å². The molecule has 1 N–H and O–H groups in total. The summed E-state index contributed by atoms with van der Waals surface area (Å²) < 4.78 is 37.6. The summed E-state index contributed by atoms with van der Waals surface area (Å²) in [6.45, 7) is 0.350. The molecule has 0 aliphatic heterocycles. The van der Waals surface area contributed by atoms with Crippen molar-refractivity contribution >= 4 is 17.2 Å². The lowest BCUT2D eigenvalue weighted by Gasteiger charge is -2.08. The van der Waals surface area contributed by atoms with E-state index < -0.39 is 17.6 Å². The van der Waals surface area contributed by atoms with E-state index in [-0.39, 0.29) is 5.56 Å². The van der Waals surface area contributed by atoms with Crippen molar-refractivity contribution in [3.8, 4) is 11.3 Å². The molecule has 0 aliphatic rings. The zero-order valence-electron chi connectivity index (χ0n) is 13.5. The van der Waals surface area contributed by atoms with Gasteiger partial charge in [0.1, 0.15) is 0 Å². The van der Waals surface area contributed by atoms with Crippen LogP contribution >= 0.6 is 11.3 Å². The second kappa shape index (κ2) is 7.65. The standard InChI is InChI=1S/C18H14F3N3OS/c19-18(20,21)14-3-1-13(2-4-14)17(25)23-10-7-16-24-15(11-26-16)12-5-8-22-9-6-12/h1-6,8-9,11H,7,10H2,(H,23,25). The van der Waals surface area contributed by atoms with Crippen LogP contribution in [0, 0.1) is 0 Å². The van der Waals surface area contributed by atoms with Gasteiger partial charge in [0.05, 0.1) is 16.3 Å². The molecule has 0 radical (unpaired) electrons. The molecule has 1 aromatic carbocycles. The number of nitrogens with zero attached hydrogens (tertiary/aromatic N) is 2. The third-order valence-electron chi connectivity index (χ3n) is 3.63. The lowest BCUT2D eigenvalue weighted by molar-refractivity contribution is -0.137. The van der Waals surface area contributed by atoms with E-state index in [4.69, 9.17) is 0 Å². The predicted octanol–water partition coefficient (Wildman–Crippen LogP) is 4.20. The number of amides is 1. The molecule has 0 bridgehead atoms. The molecule has 4 nitrogen and oxygen atoms in total. The van der Waals surface area contributed by atoms with Crippen LogP contribution in [-0.4, -0.2) is 22.4 Å². The SMILES string of the molecule is O=C(NCCc1nc(-c2ccncc2)cs1)c1ccc(C(F)(F)F)cc1. The molecule has 0 fully saturated rings. The average Bonchev–Trinajstić information content (AvgIpc) is 3.11. The zero-order valence-corrected chi connectivity index (χ0v) is 14.3. The highest BCUT2D eigenvalue weighted by molar-refractivity contribution is 7.09. The Morgan fingerprint density at radius 1 is 1.08 bits per heavy atom. The minimum Gasteiger partial charge on any atom is -0.352 e. The van der Waals surface area contributed by atoms with Crippen molar-refractivity contribution in [3.63, 3.8) is 0 Å². The number of halogens is 3. The number of carbonyl (C=O) groups excluding carboxylic acids is 1. The van der Waals surface area contributed by atoms with E-state index in [0.29, 0.717) is 13.0 Å². The van der Waals surface area contributed by atoms with E-state index in [2.05, 4.69) is 15.3 Å². The van der Waals surface area contributed by atoms with E-state index in [0.717, 1.165) is 28.4 Å². The van der Waals surface area contributed by atoms with Crippen molar-refractivity contribution in [2.75, 3.05) is 6.54 Å². The van der Waals surface area contributed by atoms with E-state index in [1.807, 2.05) is 17.5 Å². The Labute approximate surface area is 151 Å². The average molecular weight is 377 g/mol. The van der Waals surface area contributed by atoms with E-state index in [9.17, 15) is 18.0 Å². The number of rotatable bonds is 5. The molecule has 0 unspecified atom stereocenters. The van der Waals surface area contributed by atoms with Gasteiger partial charge in [0, 0.05) is 41.9 Å². The van der Waals surface area contributed by atoms with Crippen LogP contribution < -0.4 is 5.32 Å². The molecule has 2 aromatic heterocycles. The quantitative estimate of drug-likeness (QED) is 0.725. The van der Waals surface area contributed by atoms with Gasteiger partial charge in [-0.15, -0.1) is 11.3 Å². The third-order valence-corrected chi connectivity index (χ3v) is 4.54. The lowest BCUT2D eigenvalue weighted by atomic mass is 10.1. The van der Waals surface area contributed by atoms with Crippen LogP contribution in [0.3, 0.4) is 0 Å². The molecule has 8 heteroatoms. The summed E-state index contributed by atoms with van der Waals surface area (Å²) in [5.74, 6) is -0.412. The highest BCUT2D eigenvalue weighted by atomic mass is 32.1. The highest BCUT2D eigenvalue weighted by Crippen LogP contribution is 2.29. The number of benzene rings is 1. The van der Waals surface area contributed by atoms with Crippen molar-refractivity contribution in [1.82, 2.24) is 15.3 Å². The van der Waals surface area contributed by atoms with Gasteiger partial charge >= 0.3 is 6.18 Å². The number of thiazole rings is 1. The van der Waals surface area contributed by atoms with Crippen molar-refractivity contribution < 1.29 is 18.0 Å². The van der Waals surface area contributed by atoms with Gasteiger partial charge in [-0.05, 0) is 36.4 Å². The number of pyridine rings is 1. The minimum atomic E-state index is -4.41. The van der Waals surface area contributed by atoms with Gasteiger partial charge in [-0.3, -0.25) is 9.78 Å². The number of hydrogen-bond acceptors (Lipinski definition) is 4. The maximum absolute atomic E-state index is 12.5. The molecule has 3 aromatic rings. The fraction of sp³-hybridized carbons (Fsp3) is 0.167. The van der Waals surface area contributed by atoms with E-state index in [1.54, 1.807) is 12.4 Å². The summed E-state index contributed by atoms with van der Waals surface area (Å²) in [7, 11) is 0. The molecule has 0 aliphatic carbocycles. The molecule has 1 amide bonds. The molecule has 0 spiro atoms. The number of hydrogen-bond donors (Lipinski definition) is 1. The van der Waals surface area contributed by atoms with Gasteiger partial charge in [0.2, 0.25) is 0 Å². The first-order valence-corrected chi connectivity index (χ1v) is 8.62. The summed E-state index contributed by atoms with van der Waals surface area (Å²) in [4.78, 5) is 20.5. The zero-order chi connectivity index (χ0) is 18.6. The normalized spacial score (nSPS) is 11.3. The van der Waals surface area contributed by atoms with Crippen LogP contribution in [0.25, 0.3) is 11.3 Å². The monoisotopic (exact) mass is 377 g/mol. The fourth-order valence-electron chi connectivity index (χ4n) is 2.28. The third kappa shape index (κ3) is 4.45. The summed E-state index contributed by atoms with van der Waals surface area (Å²) in [5, 5.41) is 5.49. The predicted molar refractivity (Wildman–Crippen MR) is 92.8 cm³/mol. The summed E-state index contributed by atoms with van der Waals surface area (Å²) >= 11 is 1.49. The van der Waals surface area contributed by atoms with Gasteiger partial charge in [-0.2, -0.15) is 13.2 Å². The minimum absolute atomic E-state index is 0.189. The van der Waals surface area contributed by atoms with Crippen molar-refractivity contribution in [2.24, 2.45) is 0 Å². The first-order chi connectivity index (χ1) is 12.4. The number of carbonyl (C=O) groups is 1. The fourth-order valence-corrected chi connectivity index (χ4v) is 3.08. The van der Waals surface area contributed by atoms with Gasteiger partial charge in [-0.1, -0.05) is 0 Å². The van der Waals surface area contributed by atoms with Gasteiger partial charge in [-0.25, -0.2) is 4.98 Å². The van der Waals surface area contributed by atoms with Gasteiger partial charge in [0.15, 0.2) is 0 Å². The van der Waals surface area contributed by atoms with Crippen LogP contribution in [0.1, 0.15) is 20.9 Å². The van der Waals surface area contributed by atoms with E-state index in [1.165, 1.54) is 23.5 Å². The van der Waals surface area contributed by atoms with Crippen LogP contribution in [0.15, 0.2) is 54.2 Å². The Hall–Kier alpha value is -2.74. The Morgan fingerprint density at radius 2 is 1.77 bits per heavy atom. The number of nitrogens with one attached hydrogen (secondary N) is 1. The first-order valence-electron chi connectivity index (χ1n) is 7.74. The highest BCUT2D eigenvalue weighted by Gasteiger charge is 2.30. The molecule has 0 saturated carbocycles. The summed E-state index contributed by atoms with van der Waals surface area (Å²) in [6, 6.07) is 7.87. The Morgan fingerprint density at radius 3 is 2.42 bits per heavy atom. The van der Waals surface area contributed by atoms with Gasteiger partial charge in [0.25, 0.3) is 5.91 Å². The molecule has 0 atom stereocenters. The maximum atomic E-state index is 12.5. The number of aromatic nitrogens is 2. The molecule has 2 heterocycles. The number of alkyl halides is 3. The van der Waals surface area contributed by atoms with E-state index >= 15 is 0 Å². The van der Waals surface area contributed by atoms with Crippen LogP contribution in [0.5, 0.6) is 0 Å². The van der Waals surface area contributed by atoms with Crippen molar-refractivity contribution in [2.45, 2.75) is 12.6 Å². The first kappa shape index (κ1) is 18.1.